The van der Waals surface area contributed by atoms with Crippen molar-refractivity contribution in [1.82, 2.24) is 9.78 Å². The van der Waals surface area contributed by atoms with Crippen molar-refractivity contribution < 1.29 is 21.8 Å². The van der Waals surface area contributed by atoms with E-state index in [9.17, 15) is 21.8 Å². The number of nitrogens with two attached hydrogens (primary N) is 2. The molecule has 4 aromatic rings. The minimum absolute atomic E-state index is 0.107. The number of aryl methyl sites for hydroxylation is 1. The number of nitrogens with one attached hydrogen (secondary N) is 1. The zero-order chi connectivity index (χ0) is 26.5. The summed E-state index contributed by atoms with van der Waals surface area (Å²) in [6.45, 7) is 0. The zero-order valence-corrected chi connectivity index (χ0v) is 22.2. The number of aromatic nitrogens is 2. The lowest BCUT2D eigenvalue weighted by Crippen LogP contribution is -2.16. The van der Waals surface area contributed by atoms with Crippen molar-refractivity contribution >= 4 is 48.5 Å². The van der Waals surface area contributed by atoms with E-state index in [2.05, 4.69) is 25.8 Å². The molecular formula is C24H19BrFN5O4S2. The van der Waals surface area contributed by atoms with Gasteiger partial charge in [0.1, 0.15) is 21.7 Å². The van der Waals surface area contributed by atoms with Gasteiger partial charge in [0.15, 0.2) is 5.69 Å². The summed E-state index contributed by atoms with van der Waals surface area (Å²) in [5.41, 5.74) is 9.24. The molecule has 3 aromatic carbocycles. The second-order valence-corrected chi connectivity index (χ2v) is 11.9. The number of anilines is 1. The Morgan fingerprint density at radius 3 is 2.46 bits per heavy atom. The van der Waals surface area contributed by atoms with E-state index in [0.717, 1.165) is 11.6 Å². The van der Waals surface area contributed by atoms with Crippen LogP contribution >= 0.6 is 15.9 Å². The molecule has 1 aromatic heterocycles. The van der Waals surface area contributed by atoms with Gasteiger partial charge in [0, 0.05) is 21.3 Å². The van der Waals surface area contributed by atoms with E-state index >= 15 is 0 Å². The topological polar surface area (TPSA) is 150 Å². The maximum absolute atomic E-state index is 14.4. The molecule has 5 rings (SSSR count). The van der Waals surface area contributed by atoms with Gasteiger partial charge in [-0.05, 0) is 73.0 Å². The first-order valence-electron chi connectivity index (χ1n) is 10.8. The quantitative estimate of drug-likeness (QED) is 0.308. The van der Waals surface area contributed by atoms with Crippen LogP contribution in [0.1, 0.15) is 21.6 Å². The van der Waals surface area contributed by atoms with E-state index in [1.807, 2.05) is 0 Å². The third kappa shape index (κ3) is 4.70. The molecule has 37 heavy (non-hydrogen) atoms. The molecule has 1 amide bonds. The van der Waals surface area contributed by atoms with Crippen LogP contribution in [0.3, 0.4) is 0 Å². The Morgan fingerprint density at radius 1 is 1.08 bits per heavy atom. The summed E-state index contributed by atoms with van der Waals surface area (Å²) in [7, 11) is -5.90. The smallest absolute Gasteiger partial charge is 0.269 e. The third-order valence-electron chi connectivity index (χ3n) is 5.98. The van der Waals surface area contributed by atoms with Crippen LogP contribution in [0.4, 0.5) is 10.1 Å². The number of rotatable bonds is 6. The number of benzene rings is 3. The first-order valence-corrected chi connectivity index (χ1v) is 14.3. The molecule has 9 nitrogen and oxygen atoms in total. The molecule has 0 saturated heterocycles. The van der Waals surface area contributed by atoms with Gasteiger partial charge in [-0.1, -0.05) is 22.0 Å². The summed E-state index contributed by atoms with van der Waals surface area (Å²) < 4.78 is 56.2. The Kier molecular flexibility index (Phi) is 6.48. The van der Waals surface area contributed by atoms with Crippen LogP contribution in [0.5, 0.6) is 0 Å². The van der Waals surface area contributed by atoms with Crippen LogP contribution < -0.4 is 15.6 Å². The molecule has 1 atom stereocenters. The fourth-order valence-corrected chi connectivity index (χ4v) is 6.16. The van der Waals surface area contributed by atoms with E-state index in [0.29, 0.717) is 44.7 Å². The first-order chi connectivity index (χ1) is 17.5. The van der Waals surface area contributed by atoms with E-state index in [1.54, 1.807) is 47.1 Å². The van der Waals surface area contributed by atoms with Crippen LogP contribution in [0.15, 0.2) is 74.9 Å². The molecule has 0 aliphatic heterocycles. The monoisotopic (exact) mass is 603 g/mol. The van der Waals surface area contributed by atoms with Gasteiger partial charge < -0.3 is 5.73 Å². The van der Waals surface area contributed by atoms with Crippen molar-refractivity contribution in [3.05, 3.63) is 87.8 Å². The standard InChI is InChI=1S/C24H19BrFN5O4S2/c25-14-3-10-21(20(26)11-14)37(34,35)30-15-4-1-13-2-9-18-22(24(27)32)29-31(23(18)19(13)12-15)16-5-7-17(8-6-16)36(28)33/h1,3-8,10-12,30H,2,9,28H2,(H2,27,32). The van der Waals surface area contributed by atoms with Gasteiger partial charge in [-0.25, -0.2) is 26.8 Å². The Morgan fingerprint density at radius 2 is 1.81 bits per heavy atom. The molecule has 1 aliphatic rings. The number of sulfonamides is 1. The fourth-order valence-electron chi connectivity index (χ4n) is 4.31. The fraction of sp³-hybridized carbons (Fsp3) is 0.0833. The van der Waals surface area contributed by atoms with Crippen molar-refractivity contribution in [3.8, 4) is 16.9 Å². The van der Waals surface area contributed by atoms with Crippen molar-refractivity contribution in [3.63, 3.8) is 0 Å². The number of nitrogens with zero attached hydrogens (tertiary/aromatic N) is 2. The zero-order valence-electron chi connectivity index (χ0n) is 18.9. The summed E-state index contributed by atoms with van der Waals surface area (Å²) in [5.74, 6) is -1.59. The average Bonchev–Trinajstić information content (AvgIpc) is 3.24. The maximum atomic E-state index is 14.4. The summed E-state index contributed by atoms with van der Waals surface area (Å²) >= 11 is 3.12. The van der Waals surface area contributed by atoms with Crippen molar-refractivity contribution in [2.24, 2.45) is 10.9 Å². The molecular weight excluding hydrogens is 585 g/mol. The minimum Gasteiger partial charge on any atom is -0.364 e. The molecule has 0 saturated carbocycles. The number of primary amides is 1. The van der Waals surface area contributed by atoms with E-state index in [1.165, 1.54) is 12.1 Å². The SMILES string of the molecule is NC(=O)c1nn(-c2ccc(S(N)=O)cc2)c2c1CCc1ccc(NS(=O)(=O)c3ccc(Br)cc3F)cc1-2. The molecule has 1 aliphatic carbocycles. The first kappa shape index (κ1) is 25.3. The lowest BCUT2D eigenvalue weighted by atomic mass is 9.88. The van der Waals surface area contributed by atoms with Crippen LogP contribution in [0.25, 0.3) is 16.9 Å². The van der Waals surface area contributed by atoms with E-state index in [-0.39, 0.29) is 11.4 Å². The number of amides is 1. The van der Waals surface area contributed by atoms with Crippen LogP contribution in [-0.4, -0.2) is 28.3 Å². The predicted octanol–water partition coefficient (Wildman–Crippen LogP) is 3.42. The highest BCUT2D eigenvalue weighted by Crippen LogP contribution is 2.39. The summed E-state index contributed by atoms with van der Waals surface area (Å²) in [6.07, 6.45) is 1.08. The lowest BCUT2D eigenvalue weighted by molar-refractivity contribution is 0.0994. The Bertz CT molecular complexity index is 1710. The molecule has 1 unspecified atom stereocenters. The van der Waals surface area contributed by atoms with Gasteiger partial charge in [-0.2, -0.15) is 5.10 Å². The second-order valence-electron chi connectivity index (χ2n) is 8.30. The molecule has 0 radical (unpaired) electrons. The van der Waals surface area contributed by atoms with Crippen LogP contribution in [0.2, 0.25) is 0 Å². The van der Waals surface area contributed by atoms with Gasteiger partial charge in [0.05, 0.1) is 16.3 Å². The third-order valence-corrected chi connectivity index (χ3v) is 8.62. The Labute approximate surface area is 222 Å². The summed E-state index contributed by atoms with van der Waals surface area (Å²) in [5, 5.41) is 9.90. The number of hydrogen-bond acceptors (Lipinski definition) is 5. The highest BCUT2D eigenvalue weighted by atomic mass is 79.9. The van der Waals surface area contributed by atoms with Crippen molar-refractivity contribution in [1.29, 1.82) is 0 Å². The van der Waals surface area contributed by atoms with Gasteiger partial charge in [0.2, 0.25) is 0 Å². The van der Waals surface area contributed by atoms with Crippen molar-refractivity contribution in [2.45, 2.75) is 22.6 Å². The van der Waals surface area contributed by atoms with E-state index in [4.69, 9.17) is 10.9 Å². The number of halogens is 2. The van der Waals surface area contributed by atoms with Gasteiger partial charge >= 0.3 is 0 Å². The van der Waals surface area contributed by atoms with Gasteiger partial charge in [-0.3, -0.25) is 9.52 Å². The highest BCUT2D eigenvalue weighted by molar-refractivity contribution is 9.10. The predicted molar refractivity (Wildman–Crippen MR) is 140 cm³/mol. The van der Waals surface area contributed by atoms with Gasteiger partial charge in [0.25, 0.3) is 15.9 Å². The maximum Gasteiger partial charge on any atom is 0.269 e. The molecule has 5 N–H and O–H groups in total. The number of fused-ring (bicyclic) bond motifs is 3. The number of carbonyl (C=O) groups excluding carboxylic acids is 1. The molecule has 0 fully saturated rings. The molecule has 13 heteroatoms. The van der Waals surface area contributed by atoms with Crippen molar-refractivity contribution in [2.75, 3.05) is 4.72 Å². The number of hydrogen-bond donors (Lipinski definition) is 3. The van der Waals surface area contributed by atoms with Gasteiger partial charge in [-0.15, -0.1) is 0 Å². The van der Waals surface area contributed by atoms with Crippen LogP contribution in [-0.2, 0) is 33.9 Å². The van der Waals surface area contributed by atoms with Crippen LogP contribution in [0, 0.1) is 5.82 Å². The normalized spacial score (nSPS) is 13.5. The minimum atomic E-state index is -4.23. The summed E-state index contributed by atoms with van der Waals surface area (Å²) in [4.78, 5) is 12.1. The summed E-state index contributed by atoms with van der Waals surface area (Å²) in [6, 6.07) is 15.2. The Balaban J connectivity index is 1.62. The second kappa shape index (κ2) is 9.49. The van der Waals surface area contributed by atoms with E-state index < -0.39 is 37.6 Å². The number of carbonyl (C=O) groups is 1. The molecule has 190 valence electrons. The average molecular weight is 604 g/mol. The molecule has 1 heterocycles. The molecule has 0 spiro atoms. The molecule has 0 bridgehead atoms. The largest absolute Gasteiger partial charge is 0.364 e. The highest BCUT2D eigenvalue weighted by Gasteiger charge is 2.29. The Hall–Kier alpha value is -3.39. The lowest BCUT2D eigenvalue weighted by Gasteiger charge is -2.20.